The summed E-state index contributed by atoms with van der Waals surface area (Å²) in [7, 11) is 0. The highest BCUT2D eigenvalue weighted by molar-refractivity contribution is 5.80. The zero-order chi connectivity index (χ0) is 10.0. The van der Waals surface area contributed by atoms with Crippen molar-refractivity contribution in [3.05, 3.63) is 33.9 Å². The normalized spacial score (nSPS) is 10.2. The van der Waals surface area contributed by atoms with Crippen molar-refractivity contribution < 1.29 is 4.79 Å². The van der Waals surface area contributed by atoms with Gasteiger partial charge < -0.3 is 0 Å². The fourth-order valence-electron chi connectivity index (χ4n) is 1.97. The minimum absolute atomic E-state index is 0.863. The predicted molar refractivity (Wildman–Crippen MR) is 55.4 cm³/mol. The topological polar surface area (TPSA) is 17.1 Å². The molecule has 0 aliphatic carbocycles. The molecule has 1 aromatic rings. The summed E-state index contributed by atoms with van der Waals surface area (Å²) in [6, 6.07) is 2.09. The van der Waals surface area contributed by atoms with Gasteiger partial charge in [-0.05, 0) is 49.4 Å². The maximum absolute atomic E-state index is 10.8. The lowest BCUT2D eigenvalue weighted by Gasteiger charge is -2.12. The Morgan fingerprint density at radius 1 is 1.23 bits per heavy atom. The van der Waals surface area contributed by atoms with Crippen LogP contribution in [0.2, 0.25) is 0 Å². The van der Waals surface area contributed by atoms with Gasteiger partial charge in [0.05, 0.1) is 0 Å². The second-order valence-corrected chi connectivity index (χ2v) is 3.50. The van der Waals surface area contributed by atoms with Gasteiger partial charge in [-0.1, -0.05) is 13.0 Å². The average molecular weight is 176 g/mol. The Labute approximate surface area is 79.8 Å². The van der Waals surface area contributed by atoms with E-state index in [4.69, 9.17) is 0 Å². The van der Waals surface area contributed by atoms with Crippen LogP contribution in [0.15, 0.2) is 6.07 Å². The third-order valence-corrected chi connectivity index (χ3v) is 2.66. The number of hydrogen-bond acceptors (Lipinski definition) is 1. The summed E-state index contributed by atoms with van der Waals surface area (Å²) >= 11 is 0. The third kappa shape index (κ3) is 1.64. The van der Waals surface area contributed by atoms with Crippen LogP contribution in [0.4, 0.5) is 0 Å². The van der Waals surface area contributed by atoms with Gasteiger partial charge in [-0.2, -0.15) is 0 Å². The number of aldehydes is 1. The molecule has 0 saturated heterocycles. The average Bonchev–Trinajstić information content (AvgIpc) is 2.04. The Kier molecular flexibility index (Phi) is 2.86. The first-order valence-corrected chi connectivity index (χ1v) is 4.66. The van der Waals surface area contributed by atoms with E-state index in [2.05, 4.69) is 19.9 Å². The van der Waals surface area contributed by atoms with Gasteiger partial charge in [0.1, 0.15) is 0 Å². The van der Waals surface area contributed by atoms with Crippen LogP contribution < -0.4 is 0 Å². The first-order chi connectivity index (χ1) is 6.11. The Morgan fingerprint density at radius 2 is 1.85 bits per heavy atom. The standard InChI is InChI=1S/C12H16O/c1-5-11-8(2)6-9(3)12(7-13)10(11)4/h6-7H,5H2,1-4H3. The summed E-state index contributed by atoms with van der Waals surface area (Å²) in [4.78, 5) is 10.8. The second kappa shape index (κ2) is 3.73. The fourth-order valence-corrected chi connectivity index (χ4v) is 1.97. The van der Waals surface area contributed by atoms with Gasteiger partial charge in [0, 0.05) is 5.56 Å². The van der Waals surface area contributed by atoms with E-state index >= 15 is 0 Å². The fraction of sp³-hybridized carbons (Fsp3) is 0.417. The SMILES string of the molecule is CCc1c(C)cc(C)c(C=O)c1C. The van der Waals surface area contributed by atoms with E-state index in [0.717, 1.165) is 29.4 Å². The first kappa shape index (κ1) is 9.97. The number of benzene rings is 1. The monoisotopic (exact) mass is 176 g/mol. The summed E-state index contributed by atoms with van der Waals surface area (Å²) in [5, 5.41) is 0. The van der Waals surface area contributed by atoms with Crippen LogP contribution in [-0.4, -0.2) is 6.29 Å². The predicted octanol–water partition coefficient (Wildman–Crippen LogP) is 2.99. The van der Waals surface area contributed by atoms with Crippen LogP contribution in [0.25, 0.3) is 0 Å². The molecule has 0 aliphatic rings. The van der Waals surface area contributed by atoms with Crippen molar-refractivity contribution in [1.82, 2.24) is 0 Å². The van der Waals surface area contributed by atoms with Crippen LogP contribution in [0, 0.1) is 20.8 Å². The molecule has 1 aromatic carbocycles. The lowest BCUT2D eigenvalue weighted by molar-refractivity contribution is 0.112. The summed E-state index contributed by atoms with van der Waals surface area (Å²) in [5.74, 6) is 0. The first-order valence-electron chi connectivity index (χ1n) is 4.66. The van der Waals surface area contributed by atoms with Crippen LogP contribution in [0.1, 0.15) is 39.5 Å². The van der Waals surface area contributed by atoms with Gasteiger partial charge in [-0.15, -0.1) is 0 Å². The largest absolute Gasteiger partial charge is 0.298 e. The highest BCUT2D eigenvalue weighted by Crippen LogP contribution is 2.21. The lowest BCUT2D eigenvalue weighted by Crippen LogP contribution is -1.99. The van der Waals surface area contributed by atoms with Gasteiger partial charge in [0.2, 0.25) is 0 Å². The molecular weight excluding hydrogens is 160 g/mol. The molecule has 0 aliphatic heterocycles. The lowest BCUT2D eigenvalue weighted by atomic mass is 9.93. The van der Waals surface area contributed by atoms with Crippen molar-refractivity contribution in [2.45, 2.75) is 34.1 Å². The Bertz CT molecular complexity index is 337. The summed E-state index contributed by atoms with van der Waals surface area (Å²) in [6.07, 6.45) is 1.96. The molecule has 0 spiro atoms. The van der Waals surface area contributed by atoms with Gasteiger partial charge in [-0.25, -0.2) is 0 Å². The zero-order valence-corrected chi connectivity index (χ0v) is 8.77. The molecule has 0 heterocycles. The quantitative estimate of drug-likeness (QED) is 0.633. The molecule has 70 valence electrons. The molecule has 0 bridgehead atoms. The van der Waals surface area contributed by atoms with Gasteiger partial charge in [-0.3, -0.25) is 4.79 Å². The molecule has 0 saturated carbocycles. The minimum atomic E-state index is 0.863. The summed E-state index contributed by atoms with van der Waals surface area (Å²) in [5.41, 5.74) is 5.70. The number of hydrogen-bond donors (Lipinski definition) is 0. The van der Waals surface area contributed by atoms with Crippen molar-refractivity contribution in [1.29, 1.82) is 0 Å². The van der Waals surface area contributed by atoms with Crippen molar-refractivity contribution in [2.75, 3.05) is 0 Å². The molecule has 0 atom stereocenters. The van der Waals surface area contributed by atoms with E-state index in [1.807, 2.05) is 13.8 Å². The van der Waals surface area contributed by atoms with Crippen molar-refractivity contribution in [2.24, 2.45) is 0 Å². The van der Waals surface area contributed by atoms with Gasteiger partial charge >= 0.3 is 0 Å². The van der Waals surface area contributed by atoms with Crippen molar-refractivity contribution in [3.63, 3.8) is 0 Å². The molecule has 0 radical (unpaired) electrons. The highest BCUT2D eigenvalue weighted by atomic mass is 16.1. The maximum Gasteiger partial charge on any atom is 0.150 e. The smallest absolute Gasteiger partial charge is 0.150 e. The van der Waals surface area contributed by atoms with E-state index in [1.54, 1.807) is 0 Å². The molecule has 1 heteroatoms. The van der Waals surface area contributed by atoms with E-state index in [-0.39, 0.29) is 0 Å². The van der Waals surface area contributed by atoms with E-state index in [9.17, 15) is 4.79 Å². The molecular formula is C12H16O. The van der Waals surface area contributed by atoms with Crippen LogP contribution in [0.3, 0.4) is 0 Å². The zero-order valence-electron chi connectivity index (χ0n) is 8.77. The van der Waals surface area contributed by atoms with Crippen molar-refractivity contribution in [3.8, 4) is 0 Å². The number of carbonyl (C=O) groups is 1. The van der Waals surface area contributed by atoms with E-state index in [1.165, 1.54) is 11.1 Å². The molecule has 0 fully saturated rings. The molecule has 0 unspecified atom stereocenters. The molecule has 0 aromatic heterocycles. The van der Waals surface area contributed by atoms with E-state index < -0.39 is 0 Å². The minimum Gasteiger partial charge on any atom is -0.298 e. The summed E-state index contributed by atoms with van der Waals surface area (Å²) in [6.45, 7) is 8.25. The molecule has 1 nitrogen and oxygen atoms in total. The van der Waals surface area contributed by atoms with E-state index in [0.29, 0.717) is 0 Å². The number of rotatable bonds is 2. The number of aryl methyl sites for hydroxylation is 2. The second-order valence-electron chi connectivity index (χ2n) is 3.50. The van der Waals surface area contributed by atoms with Crippen LogP contribution in [0.5, 0.6) is 0 Å². The molecule has 13 heavy (non-hydrogen) atoms. The van der Waals surface area contributed by atoms with Crippen LogP contribution in [-0.2, 0) is 6.42 Å². The molecule has 0 amide bonds. The summed E-state index contributed by atoms with van der Waals surface area (Å²) < 4.78 is 0. The Morgan fingerprint density at radius 3 is 2.31 bits per heavy atom. The molecule has 0 N–H and O–H groups in total. The maximum atomic E-state index is 10.8. The van der Waals surface area contributed by atoms with Crippen LogP contribution >= 0.6 is 0 Å². The van der Waals surface area contributed by atoms with Gasteiger partial charge in [0.25, 0.3) is 0 Å². The highest BCUT2D eigenvalue weighted by Gasteiger charge is 2.08. The Balaban J connectivity index is 3.47. The third-order valence-electron chi connectivity index (χ3n) is 2.66. The Hall–Kier alpha value is -1.11. The number of carbonyl (C=O) groups excluding carboxylic acids is 1. The molecule has 1 rings (SSSR count). The van der Waals surface area contributed by atoms with Crippen molar-refractivity contribution >= 4 is 6.29 Å². The van der Waals surface area contributed by atoms with Gasteiger partial charge in [0.15, 0.2) is 6.29 Å².